The van der Waals surface area contributed by atoms with Crippen molar-refractivity contribution in [2.45, 2.75) is 25.3 Å². The summed E-state index contributed by atoms with van der Waals surface area (Å²) in [7, 11) is -0.638. The molecule has 0 aliphatic heterocycles. The predicted octanol–water partition coefficient (Wildman–Crippen LogP) is 3.93. The van der Waals surface area contributed by atoms with Crippen molar-refractivity contribution >= 4 is 27.5 Å². The Labute approximate surface area is 182 Å². The molecule has 0 atom stereocenters. The highest BCUT2D eigenvalue weighted by Gasteiger charge is 2.22. The highest BCUT2D eigenvalue weighted by molar-refractivity contribution is 7.89. The SMILES string of the molecule is Cc1cc(C(=O)NCc2ccccc2S(=O)(=O)N(C)C)c(C)n1-c1ccc(Cl)cc1. The molecule has 0 aliphatic rings. The number of nitrogens with one attached hydrogen (secondary N) is 1. The molecule has 158 valence electrons. The van der Waals surface area contributed by atoms with E-state index in [1.54, 1.807) is 36.4 Å². The molecule has 0 radical (unpaired) electrons. The zero-order chi connectivity index (χ0) is 22.1. The first-order chi connectivity index (χ1) is 14.1. The minimum atomic E-state index is -3.60. The molecule has 3 rings (SSSR count). The molecule has 0 spiro atoms. The Bertz CT molecular complexity index is 1180. The third-order valence-corrected chi connectivity index (χ3v) is 7.10. The number of rotatable bonds is 6. The summed E-state index contributed by atoms with van der Waals surface area (Å²) in [4.78, 5) is 13.1. The van der Waals surface area contributed by atoms with Crippen molar-refractivity contribution in [1.29, 1.82) is 0 Å². The first-order valence-electron chi connectivity index (χ1n) is 9.36. The van der Waals surface area contributed by atoms with Crippen LogP contribution in [0.4, 0.5) is 0 Å². The van der Waals surface area contributed by atoms with Gasteiger partial charge in [0.2, 0.25) is 10.0 Å². The number of benzene rings is 2. The number of halogens is 1. The normalized spacial score (nSPS) is 11.7. The largest absolute Gasteiger partial charge is 0.348 e. The Morgan fingerprint density at radius 3 is 2.33 bits per heavy atom. The van der Waals surface area contributed by atoms with E-state index in [0.29, 0.717) is 16.1 Å². The summed E-state index contributed by atoms with van der Waals surface area (Å²) in [6.45, 7) is 3.91. The minimum absolute atomic E-state index is 0.104. The van der Waals surface area contributed by atoms with Crippen LogP contribution < -0.4 is 5.32 Å². The van der Waals surface area contributed by atoms with Gasteiger partial charge in [0.15, 0.2) is 0 Å². The number of sulfonamides is 1. The lowest BCUT2D eigenvalue weighted by atomic mass is 10.2. The first kappa shape index (κ1) is 22.1. The van der Waals surface area contributed by atoms with Crippen LogP contribution in [0.3, 0.4) is 0 Å². The number of amides is 1. The summed E-state index contributed by atoms with van der Waals surface area (Å²) >= 11 is 5.98. The summed E-state index contributed by atoms with van der Waals surface area (Å²) < 4.78 is 28.2. The van der Waals surface area contributed by atoms with Crippen molar-refractivity contribution in [2.75, 3.05) is 14.1 Å². The Morgan fingerprint density at radius 1 is 1.07 bits per heavy atom. The second kappa shape index (κ2) is 8.63. The third-order valence-electron chi connectivity index (χ3n) is 4.93. The lowest BCUT2D eigenvalue weighted by Gasteiger charge is -2.15. The van der Waals surface area contributed by atoms with Gasteiger partial charge in [-0.25, -0.2) is 12.7 Å². The van der Waals surface area contributed by atoms with Gasteiger partial charge in [0.05, 0.1) is 10.5 Å². The van der Waals surface area contributed by atoms with Crippen LogP contribution in [0.1, 0.15) is 27.3 Å². The van der Waals surface area contributed by atoms with Crippen LogP contribution in [-0.4, -0.2) is 37.3 Å². The van der Waals surface area contributed by atoms with Gasteiger partial charge in [0, 0.05) is 42.7 Å². The van der Waals surface area contributed by atoms with Gasteiger partial charge >= 0.3 is 0 Å². The predicted molar refractivity (Wildman–Crippen MR) is 119 cm³/mol. The van der Waals surface area contributed by atoms with Gasteiger partial charge in [-0.1, -0.05) is 29.8 Å². The molecule has 1 aromatic heterocycles. The first-order valence-corrected chi connectivity index (χ1v) is 11.2. The second-order valence-corrected chi connectivity index (χ2v) is 9.73. The molecule has 0 saturated carbocycles. The molecule has 2 aromatic carbocycles. The number of hydrogen-bond acceptors (Lipinski definition) is 3. The number of nitrogens with zero attached hydrogens (tertiary/aromatic N) is 2. The fraction of sp³-hybridized carbons (Fsp3) is 0.227. The van der Waals surface area contributed by atoms with Crippen LogP contribution >= 0.6 is 11.6 Å². The van der Waals surface area contributed by atoms with Crippen LogP contribution in [0.2, 0.25) is 5.02 Å². The molecule has 0 saturated heterocycles. The quantitative estimate of drug-likeness (QED) is 0.624. The van der Waals surface area contributed by atoms with E-state index in [1.807, 2.05) is 36.6 Å². The molecule has 1 amide bonds. The van der Waals surface area contributed by atoms with Gasteiger partial charge in [0.25, 0.3) is 5.91 Å². The molecule has 0 bridgehead atoms. The van der Waals surface area contributed by atoms with Crippen LogP contribution in [-0.2, 0) is 16.6 Å². The fourth-order valence-corrected chi connectivity index (χ4v) is 4.59. The van der Waals surface area contributed by atoms with Crippen molar-refractivity contribution in [3.8, 4) is 5.69 Å². The lowest BCUT2D eigenvalue weighted by molar-refractivity contribution is 0.0950. The number of hydrogen-bond donors (Lipinski definition) is 1. The second-order valence-electron chi connectivity index (χ2n) is 7.17. The van der Waals surface area contributed by atoms with Crippen LogP contribution in [0.5, 0.6) is 0 Å². The maximum atomic E-state index is 12.9. The number of aromatic nitrogens is 1. The summed E-state index contributed by atoms with van der Waals surface area (Å²) in [6.07, 6.45) is 0. The van der Waals surface area contributed by atoms with E-state index in [9.17, 15) is 13.2 Å². The molecular formula is C22H24ClN3O3S. The number of carbonyl (C=O) groups is 1. The summed E-state index contributed by atoms with van der Waals surface area (Å²) in [5.41, 5.74) is 3.69. The van der Waals surface area contributed by atoms with Gasteiger partial charge < -0.3 is 9.88 Å². The van der Waals surface area contributed by atoms with Gasteiger partial charge in [-0.05, 0) is 55.8 Å². The van der Waals surface area contributed by atoms with Crippen molar-refractivity contribution < 1.29 is 13.2 Å². The van der Waals surface area contributed by atoms with E-state index >= 15 is 0 Å². The highest BCUT2D eigenvalue weighted by atomic mass is 35.5. The maximum Gasteiger partial charge on any atom is 0.253 e. The monoisotopic (exact) mass is 445 g/mol. The van der Waals surface area contributed by atoms with Gasteiger partial charge in [0.1, 0.15) is 0 Å². The average molecular weight is 446 g/mol. The maximum absolute atomic E-state index is 12.9. The van der Waals surface area contributed by atoms with Gasteiger partial charge in [-0.3, -0.25) is 4.79 Å². The van der Waals surface area contributed by atoms with Crippen molar-refractivity contribution in [1.82, 2.24) is 14.2 Å². The van der Waals surface area contributed by atoms with Crippen molar-refractivity contribution in [2.24, 2.45) is 0 Å². The van der Waals surface area contributed by atoms with E-state index in [4.69, 9.17) is 11.6 Å². The molecule has 3 aromatic rings. The van der Waals surface area contributed by atoms with E-state index in [-0.39, 0.29) is 17.3 Å². The summed E-state index contributed by atoms with van der Waals surface area (Å²) in [6, 6.07) is 15.9. The van der Waals surface area contributed by atoms with Crippen molar-refractivity contribution in [3.05, 3.63) is 82.1 Å². The molecule has 1 heterocycles. The molecule has 0 fully saturated rings. The third kappa shape index (κ3) is 4.28. The topological polar surface area (TPSA) is 71.4 Å². The van der Waals surface area contributed by atoms with Crippen LogP contribution in [0, 0.1) is 13.8 Å². The Kier molecular flexibility index (Phi) is 6.36. The molecule has 1 N–H and O–H groups in total. The molecule has 30 heavy (non-hydrogen) atoms. The molecule has 8 heteroatoms. The van der Waals surface area contributed by atoms with Crippen molar-refractivity contribution in [3.63, 3.8) is 0 Å². The van der Waals surface area contributed by atoms with Gasteiger partial charge in [-0.15, -0.1) is 0 Å². The number of aryl methyl sites for hydroxylation is 1. The zero-order valence-corrected chi connectivity index (χ0v) is 18.9. The van der Waals surface area contributed by atoms with Crippen LogP contribution in [0.15, 0.2) is 59.5 Å². The van der Waals surface area contributed by atoms with Gasteiger partial charge in [-0.2, -0.15) is 0 Å². The van der Waals surface area contributed by atoms with E-state index in [2.05, 4.69) is 5.32 Å². The fourth-order valence-electron chi connectivity index (χ4n) is 3.35. The van der Waals surface area contributed by atoms with Crippen LogP contribution in [0.25, 0.3) is 5.69 Å². The Hall–Kier alpha value is -2.61. The molecule has 6 nitrogen and oxygen atoms in total. The lowest BCUT2D eigenvalue weighted by Crippen LogP contribution is -2.27. The Morgan fingerprint density at radius 2 is 1.70 bits per heavy atom. The highest BCUT2D eigenvalue weighted by Crippen LogP contribution is 2.23. The molecule has 0 aliphatic carbocycles. The summed E-state index contributed by atoms with van der Waals surface area (Å²) in [5.74, 6) is -0.264. The molecule has 0 unspecified atom stereocenters. The zero-order valence-electron chi connectivity index (χ0n) is 17.3. The standard InChI is InChI=1S/C22H24ClN3O3S/c1-15-13-20(16(2)26(15)19-11-9-18(23)10-12-19)22(27)24-14-17-7-5-6-8-21(17)30(28,29)25(3)4/h5-13H,14H2,1-4H3,(H,24,27). The minimum Gasteiger partial charge on any atom is -0.348 e. The van der Waals surface area contributed by atoms with E-state index < -0.39 is 10.0 Å². The van der Waals surface area contributed by atoms with E-state index in [1.165, 1.54) is 14.1 Å². The Balaban J connectivity index is 1.86. The molecular weight excluding hydrogens is 422 g/mol. The smallest absolute Gasteiger partial charge is 0.253 e. The average Bonchev–Trinajstić information content (AvgIpc) is 3.01. The summed E-state index contributed by atoms with van der Waals surface area (Å²) in [5, 5.41) is 3.50. The number of carbonyl (C=O) groups excluding carboxylic acids is 1. The van der Waals surface area contributed by atoms with E-state index in [0.717, 1.165) is 21.4 Å².